The highest BCUT2D eigenvalue weighted by atomic mass is 79.9. The van der Waals surface area contributed by atoms with E-state index in [-0.39, 0.29) is 0 Å². The Balaban J connectivity index is 2.66. The lowest BCUT2D eigenvalue weighted by molar-refractivity contribution is 0.271. The monoisotopic (exact) mass is 289 g/mol. The van der Waals surface area contributed by atoms with Crippen LogP contribution in [0.1, 0.15) is 32.6 Å². The number of likely N-dealkylation sites (N-methyl/N-ethyl adjacent to an activating group) is 1. The van der Waals surface area contributed by atoms with Crippen molar-refractivity contribution in [3.05, 3.63) is 20.8 Å². The Labute approximate surface area is 105 Å². The van der Waals surface area contributed by atoms with Crippen LogP contribution in [0.4, 0.5) is 0 Å². The minimum atomic E-state index is 0.312. The first-order valence-corrected chi connectivity index (χ1v) is 7.07. The maximum absolute atomic E-state index is 3.57. The van der Waals surface area contributed by atoms with E-state index in [1.54, 1.807) is 0 Å². The van der Waals surface area contributed by atoms with Crippen LogP contribution in [-0.4, -0.2) is 12.6 Å². The SMILES string of the molecule is CCNC(Cc1cc(Br)cs1)C(C)(C)C. The molecule has 86 valence electrons. The number of rotatable bonds is 4. The third-order valence-electron chi connectivity index (χ3n) is 2.52. The van der Waals surface area contributed by atoms with Crippen molar-refractivity contribution in [1.29, 1.82) is 0 Å². The molecule has 0 fully saturated rings. The van der Waals surface area contributed by atoms with Gasteiger partial charge in [-0.25, -0.2) is 0 Å². The molecule has 1 nitrogen and oxygen atoms in total. The normalized spacial score (nSPS) is 14.2. The van der Waals surface area contributed by atoms with Crippen molar-refractivity contribution < 1.29 is 0 Å². The maximum atomic E-state index is 3.57. The van der Waals surface area contributed by atoms with Crippen molar-refractivity contribution in [3.8, 4) is 0 Å². The van der Waals surface area contributed by atoms with E-state index >= 15 is 0 Å². The van der Waals surface area contributed by atoms with Crippen LogP contribution in [0.2, 0.25) is 0 Å². The van der Waals surface area contributed by atoms with Gasteiger partial charge in [-0.2, -0.15) is 0 Å². The molecular weight excluding hydrogens is 270 g/mol. The van der Waals surface area contributed by atoms with Gasteiger partial charge in [-0.1, -0.05) is 27.7 Å². The average Bonchev–Trinajstić information content (AvgIpc) is 2.49. The van der Waals surface area contributed by atoms with Gasteiger partial charge in [0.15, 0.2) is 0 Å². The van der Waals surface area contributed by atoms with E-state index < -0.39 is 0 Å². The molecule has 0 bridgehead atoms. The fourth-order valence-electron chi connectivity index (χ4n) is 1.59. The summed E-state index contributed by atoms with van der Waals surface area (Å²) in [6, 6.07) is 2.77. The van der Waals surface area contributed by atoms with Gasteiger partial charge in [-0.15, -0.1) is 11.3 Å². The van der Waals surface area contributed by atoms with Crippen molar-refractivity contribution in [2.75, 3.05) is 6.54 Å². The van der Waals surface area contributed by atoms with Gasteiger partial charge < -0.3 is 5.32 Å². The van der Waals surface area contributed by atoms with Gasteiger partial charge in [0.1, 0.15) is 0 Å². The fourth-order valence-corrected chi connectivity index (χ4v) is 3.09. The first-order chi connectivity index (χ1) is 6.93. The summed E-state index contributed by atoms with van der Waals surface area (Å²) in [6.45, 7) is 10.1. The van der Waals surface area contributed by atoms with E-state index in [0.29, 0.717) is 11.5 Å². The Morgan fingerprint density at radius 3 is 2.53 bits per heavy atom. The highest BCUT2D eigenvalue weighted by molar-refractivity contribution is 9.10. The van der Waals surface area contributed by atoms with E-state index in [9.17, 15) is 0 Å². The van der Waals surface area contributed by atoms with Gasteiger partial charge in [0.25, 0.3) is 0 Å². The predicted octanol–water partition coefficient (Wildman–Crippen LogP) is 4.08. The highest BCUT2D eigenvalue weighted by Crippen LogP contribution is 2.27. The molecule has 3 heteroatoms. The molecule has 1 aromatic rings. The van der Waals surface area contributed by atoms with Crippen LogP contribution < -0.4 is 5.32 Å². The minimum absolute atomic E-state index is 0.312. The number of thiophene rings is 1. The molecule has 0 aromatic carbocycles. The zero-order chi connectivity index (χ0) is 11.5. The standard InChI is InChI=1S/C12H20BrNS/c1-5-14-11(12(2,3)4)7-10-6-9(13)8-15-10/h6,8,11,14H,5,7H2,1-4H3. The largest absolute Gasteiger partial charge is 0.313 e. The number of nitrogens with one attached hydrogen (secondary N) is 1. The topological polar surface area (TPSA) is 12.0 Å². The van der Waals surface area contributed by atoms with Crippen LogP contribution in [0, 0.1) is 5.41 Å². The second kappa shape index (κ2) is 5.46. The van der Waals surface area contributed by atoms with E-state index in [0.717, 1.165) is 13.0 Å². The summed E-state index contributed by atoms with van der Waals surface area (Å²) in [5, 5.41) is 5.73. The molecule has 0 amide bonds. The lowest BCUT2D eigenvalue weighted by Crippen LogP contribution is -2.41. The summed E-state index contributed by atoms with van der Waals surface area (Å²) in [6.07, 6.45) is 1.12. The molecule has 0 saturated heterocycles. The van der Waals surface area contributed by atoms with Gasteiger partial charge in [0.05, 0.1) is 0 Å². The maximum Gasteiger partial charge on any atom is 0.0285 e. The number of hydrogen-bond acceptors (Lipinski definition) is 2. The summed E-state index contributed by atoms with van der Waals surface area (Å²) in [5.74, 6) is 0. The third-order valence-corrected chi connectivity index (χ3v) is 4.24. The smallest absolute Gasteiger partial charge is 0.0285 e. The molecule has 1 unspecified atom stereocenters. The van der Waals surface area contributed by atoms with Crippen LogP contribution in [0.25, 0.3) is 0 Å². The van der Waals surface area contributed by atoms with Gasteiger partial charge in [-0.05, 0) is 40.4 Å². The molecule has 1 rings (SSSR count). The fraction of sp³-hybridized carbons (Fsp3) is 0.667. The Morgan fingerprint density at radius 2 is 2.13 bits per heavy atom. The molecule has 0 saturated carbocycles. The zero-order valence-electron chi connectivity index (χ0n) is 9.93. The molecule has 15 heavy (non-hydrogen) atoms. The van der Waals surface area contributed by atoms with Crippen LogP contribution in [0.3, 0.4) is 0 Å². The van der Waals surface area contributed by atoms with Gasteiger partial charge in [-0.3, -0.25) is 0 Å². The summed E-state index contributed by atoms with van der Waals surface area (Å²) >= 11 is 5.33. The molecule has 0 spiro atoms. The van der Waals surface area contributed by atoms with Gasteiger partial charge in [0.2, 0.25) is 0 Å². The average molecular weight is 290 g/mol. The molecule has 0 aliphatic heterocycles. The van der Waals surface area contributed by atoms with Crippen LogP contribution >= 0.6 is 27.3 Å². The Morgan fingerprint density at radius 1 is 1.47 bits per heavy atom. The van der Waals surface area contributed by atoms with Crippen molar-refractivity contribution in [3.63, 3.8) is 0 Å². The molecule has 1 atom stereocenters. The Hall–Kier alpha value is 0.140. The Bertz CT molecular complexity index is 301. The van der Waals surface area contributed by atoms with Crippen molar-refractivity contribution in [1.82, 2.24) is 5.32 Å². The first kappa shape index (κ1) is 13.2. The van der Waals surface area contributed by atoms with Crippen molar-refractivity contribution in [2.24, 2.45) is 5.41 Å². The van der Waals surface area contributed by atoms with E-state index in [2.05, 4.69) is 60.4 Å². The molecule has 1 aromatic heterocycles. The summed E-state index contributed by atoms with van der Waals surface area (Å²) in [7, 11) is 0. The first-order valence-electron chi connectivity index (χ1n) is 5.39. The Kier molecular flexibility index (Phi) is 4.81. The predicted molar refractivity (Wildman–Crippen MR) is 72.6 cm³/mol. The van der Waals surface area contributed by atoms with E-state index in [1.165, 1.54) is 9.35 Å². The van der Waals surface area contributed by atoms with Gasteiger partial charge >= 0.3 is 0 Å². The van der Waals surface area contributed by atoms with Crippen LogP contribution in [0.5, 0.6) is 0 Å². The third kappa shape index (κ3) is 4.25. The van der Waals surface area contributed by atoms with Crippen LogP contribution in [0.15, 0.2) is 15.9 Å². The van der Waals surface area contributed by atoms with Gasteiger partial charge in [0, 0.05) is 20.8 Å². The molecular formula is C12H20BrNS. The summed E-state index contributed by atoms with van der Waals surface area (Å²) in [4.78, 5) is 1.45. The molecule has 0 radical (unpaired) electrons. The van der Waals surface area contributed by atoms with Crippen molar-refractivity contribution in [2.45, 2.75) is 40.2 Å². The molecule has 1 N–H and O–H groups in total. The number of hydrogen-bond donors (Lipinski definition) is 1. The van der Waals surface area contributed by atoms with E-state index in [4.69, 9.17) is 0 Å². The lowest BCUT2D eigenvalue weighted by atomic mass is 9.84. The molecule has 0 aliphatic carbocycles. The summed E-state index contributed by atoms with van der Waals surface area (Å²) < 4.78 is 1.20. The second-order valence-corrected chi connectivity index (χ2v) is 6.82. The quantitative estimate of drug-likeness (QED) is 0.881. The minimum Gasteiger partial charge on any atom is -0.313 e. The summed E-state index contributed by atoms with van der Waals surface area (Å²) in [5.41, 5.74) is 0.312. The second-order valence-electron chi connectivity index (χ2n) is 4.91. The number of halogens is 1. The van der Waals surface area contributed by atoms with Crippen molar-refractivity contribution >= 4 is 27.3 Å². The van der Waals surface area contributed by atoms with E-state index in [1.807, 2.05) is 11.3 Å². The molecule has 0 aliphatic rings. The molecule has 1 heterocycles. The lowest BCUT2D eigenvalue weighted by Gasteiger charge is -2.31. The zero-order valence-corrected chi connectivity index (χ0v) is 12.3. The highest BCUT2D eigenvalue weighted by Gasteiger charge is 2.24. The van der Waals surface area contributed by atoms with Crippen LogP contribution in [-0.2, 0) is 6.42 Å².